The molecule has 0 aliphatic carbocycles. The van der Waals surface area contributed by atoms with Gasteiger partial charge in [-0.1, -0.05) is 25.1 Å². The van der Waals surface area contributed by atoms with Gasteiger partial charge in [-0.3, -0.25) is 10.1 Å². The van der Waals surface area contributed by atoms with Crippen LogP contribution in [0.1, 0.15) is 18.1 Å². The molecule has 0 unspecified atom stereocenters. The minimum absolute atomic E-state index is 0.267. The standard InChI is InChI=1S/C28H24FN7/c1-3-30-13-17-11-19(15-31-14-17)22-7-8-24-26(32-22)27(36-35-24)28-33-23-6-4-5-21(25(23)34-28)18-9-16(2)10-20(29)12-18/h4-12,14-15,30H,3,13H2,1-2H3,(H,33,34)(H,35,36). The number of hydrogen-bond acceptors (Lipinski definition) is 5. The molecule has 36 heavy (non-hydrogen) atoms. The molecule has 0 aliphatic rings. The number of H-pyrrole nitrogens is 2. The molecule has 0 aliphatic heterocycles. The number of aromatic amines is 2. The number of para-hydroxylation sites is 1. The number of aromatic nitrogens is 6. The predicted octanol–water partition coefficient (Wildman–Crippen LogP) is 5.79. The maximum Gasteiger partial charge on any atom is 0.161 e. The number of hydrogen-bond donors (Lipinski definition) is 3. The van der Waals surface area contributed by atoms with Crippen molar-refractivity contribution in [3.63, 3.8) is 0 Å². The predicted molar refractivity (Wildman–Crippen MR) is 140 cm³/mol. The molecule has 0 radical (unpaired) electrons. The van der Waals surface area contributed by atoms with Crippen LogP contribution in [0.15, 0.2) is 67.0 Å². The van der Waals surface area contributed by atoms with Crippen molar-refractivity contribution in [3.8, 4) is 33.9 Å². The highest BCUT2D eigenvalue weighted by atomic mass is 19.1. The highest BCUT2D eigenvalue weighted by Crippen LogP contribution is 2.32. The summed E-state index contributed by atoms with van der Waals surface area (Å²) in [6.07, 6.45) is 3.68. The fourth-order valence-electron chi connectivity index (χ4n) is 4.49. The number of halogens is 1. The van der Waals surface area contributed by atoms with Gasteiger partial charge in [-0.25, -0.2) is 14.4 Å². The number of pyridine rings is 2. The lowest BCUT2D eigenvalue weighted by atomic mass is 10.0. The highest BCUT2D eigenvalue weighted by molar-refractivity contribution is 5.96. The zero-order valence-corrected chi connectivity index (χ0v) is 19.9. The van der Waals surface area contributed by atoms with Crippen LogP contribution >= 0.6 is 0 Å². The van der Waals surface area contributed by atoms with Crippen molar-refractivity contribution >= 4 is 22.1 Å². The summed E-state index contributed by atoms with van der Waals surface area (Å²) in [7, 11) is 0. The first-order valence-electron chi connectivity index (χ1n) is 11.9. The van der Waals surface area contributed by atoms with Crippen LogP contribution in [0, 0.1) is 12.7 Å². The van der Waals surface area contributed by atoms with Crippen molar-refractivity contribution in [1.29, 1.82) is 0 Å². The highest BCUT2D eigenvalue weighted by Gasteiger charge is 2.17. The molecule has 6 aromatic rings. The van der Waals surface area contributed by atoms with Crippen molar-refractivity contribution in [2.75, 3.05) is 6.54 Å². The van der Waals surface area contributed by atoms with Crippen LogP contribution in [0.25, 0.3) is 56.0 Å². The van der Waals surface area contributed by atoms with E-state index >= 15 is 0 Å². The molecule has 6 rings (SSSR count). The molecule has 0 fully saturated rings. The fraction of sp³-hybridized carbons (Fsp3) is 0.143. The molecule has 3 N–H and O–H groups in total. The van der Waals surface area contributed by atoms with E-state index in [2.05, 4.69) is 38.5 Å². The molecule has 178 valence electrons. The number of fused-ring (bicyclic) bond motifs is 2. The molecule has 0 bridgehead atoms. The van der Waals surface area contributed by atoms with E-state index in [1.54, 1.807) is 0 Å². The lowest BCUT2D eigenvalue weighted by Crippen LogP contribution is -2.11. The molecule has 8 heteroatoms. The topological polar surface area (TPSA) is 95.2 Å². The second-order valence-corrected chi connectivity index (χ2v) is 8.83. The Kier molecular flexibility index (Phi) is 5.50. The zero-order chi connectivity index (χ0) is 24.6. The van der Waals surface area contributed by atoms with Crippen LogP contribution in [0.5, 0.6) is 0 Å². The third-order valence-electron chi connectivity index (χ3n) is 6.17. The zero-order valence-electron chi connectivity index (χ0n) is 19.9. The van der Waals surface area contributed by atoms with Crippen LogP contribution in [-0.2, 0) is 6.54 Å². The van der Waals surface area contributed by atoms with Crippen LogP contribution < -0.4 is 5.32 Å². The Balaban J connectivity index is 1.44. The number of imidazole rings is 1. The number of nitrogens with zero attached hydrogens (tertiary/aromatic N) is 4. The first-order chi connectivity index (χ1) is 17.6. The van der Waals surface area contributed by atoms with Gasteiger partial charge in [0.1, 0.15) is 11.3 Å². The van der Waals surface area contributed by atoms with Crippen molar-refractivity contribution in [1.82, 2.24) is 35.5 Å². The molecule has 0 atom stereocenters. The monoisotopic (exact) mass is 477 g/mol. The molecule has 0 spiro atoms. The molecular formula is C28H24FN7. The van der Waals surface area contributed by atoms with Crippen LogP contribution in [0.2, 0.25) is 0 Å². The first-order valence-corrected chi connectivity index (χ1v) is 11.9. The summed E-state index contributed by atoms with van der Waals surface area (Å²) in [5.41, 5.74) is 9.10. The summed E-state index contributed by atoms with van der Waals surface area (Å²) in [6.45, 7) is 5.61. The van der Waals surface area contributed by atoms with Gasteiger partial charge in [0, 0.05) is 30.1 Å². The first kappa shape index (κ1) is 22.1. The van der Waals surface area contributed by atoms with E-state index in [0.29, 0.717) is 17.0 Å². The Morgan fingerprint density at radius 1 is 0.917 bits per heavy atom. The average molecular weight is 478 g/mol. The molecular weight excluding hydrogens is 453 g/mol. The second-order valence-electron chi connectivity index (χ2n) is 8.83. The summed E-state index contributed by atoms with van der Waals surface area (Å²) in [5, 5.41) is 10.9. The van der Waals surface area contributed by atoms with E-state index in [9.17, 15) is 4.39 Å². The normalized spacial score (nSPS) is 11.5. The van der Waals surface area contributed by atoms with Gasteiger partial charge in [-0.05, 0) is 66.6 Å². The van der Waals surface area contributed by atoms with E-state index < -0.39 is 0 Å². The summed E-state index contributed by atoms with van der Waals surface area (Å²) < 4.78 is 14.1. The molecule has 4 heterocycles. The van der Waals surface area contributed by atoms with E-state index in [4.69, 9.17) is 9.97 Å². The quantitative estimate of drug-likeness (QED) is 0.282. The molecule has 2 aromatic carbocycles. The van der Waals surface area contributed by atoms with Gasteiger partial charge in [0.25, 0.3) is 0 Å². The van der Waals surface area contributed by atoms with Crippen molar-refractivity contribution in [2.45, 2.75) is 20.4 Å². The number of rotatable bonds is 6. The molecule has 7 nitrogen and oxygen atoms in total. The molecule has 0 amide bonds. The summed E-state index contributed by atoms with van der Waals surface area (Å²) in [6, 6.07) is 16.9. The average Bonchev–Trinajstić information content (AvgIpc) is 3.50. The second kappa shape index (κ2) is 8.98. The van der Waals surface area contributed by atoms with Gasteiger partial charge in [-0.2, -0.15) is 5.10 Å². The maximum atomic E-state index is 14.1. The van der Waals surface area contributed by atoms with Crippen LogP contribution in [-0.4, -0.2) is 36.7 Å². The SMILES string of the molecule is CCNCc1cncc(-c2ccc3[nH]nc(-c4nc5c(-c6cc(C)cc(F)c6)cccc5[nH]4)c3n2)c1. The molecule has 0 saturated carbocycles. The van der Waals surface area contributed by atoms with Gasteiger partial charge in [0.05, 0.1) is 22.2 Å². The Morgan fingerprint density at radius 2 is 1.83 bits per heavy atom. The van der Waals surface area contributed by atoms with Crippen LogP contribution in [0.4, 0.5) is 4.39 Å². The van der Waals surface area contributed by atoms with Gasteiger partial charge in [0.2, 0.25) is 0 Å². The Labute approximate surface area is 206 Å². The lowest BCUT2D eigenvalue weighted by molar-refractivity contribution is 0.627. The minimum Gasteiger partial charge on any atom is -0.336 e. The van der Waals surface area contributed by atoms with Crippen molar-refractivity contribution in [3.05, 3.63) is 83.9 Å². The summed E-state index contributed by atoms with van der Waals surface area (Å²) in [5.74, 6) is 0.331. The third-order valence-corrected chi connectivity index (χ3v) is 6.17. The van der Waals surface area contributed by atoms with Gasteiger partial charge in [-0.15, -0.1) is 0 Å². The number of aryl methyl sites for hydroxylation is 1. The van der Waals surface area contributed by atoms with E-state index in [1.165, 1.54) is 12.1 Å². The number of benzene rings is 2. The van der Waals surface area contributed by atoms with E-state index in [1.807, 2.05) is 55.7 Å². The summed E-state index contributed by atoms with van der Waals surface area (Å²) in [4.78, 5) is 17.5. The fourth-order valence-corrected chi connectivity index (χ4v) is 4.49. The number of nitrogens with one attached hydrogen (secondary N) is 3. The van der Waals surface area contributed by atoms with Gasteiger partial charge >= 0.3 is 0 Å². The van der Waals surface area contributed by atoms with Crippen molar-refractivity contribution in [2.24, 2.45) is 0 Å². The largest absolute Gasteiger partial charge is 0.336 e. The lowest BCUT2D eigenvalue weighted by Gasteiger charge is -2.05. The van der Waals surface area contributed by atoms with Crippen molar-refractivity contribution < 1.29 is 4.39 Å². The Bertz CT molecular complexity index is 1700. The van der Waals surface area contributed by atoms with Gasteiger partial charge < -0.3 is 10.3 Å². The van der Waals surface area contributed by atoms with E-state index in [-0.39, 0.29) is 5.82 Å². The summed E-state index contributed by atoms with van der Waals surface area (Å²) >= 11 is 0. The van der Waals surface area contributed by atoms with Crippen LogP contribution in [0.3, 0.4) is 0 Å². The third kappa shape index (κ3) is 4.01. The van der Waals surface area contributed by atoms with Gasteiger partial charge in [0.15, 0.2) is 11.5 Å². The Morgan fingerprint density at radius 3 is 2.69 bits per heavy atom. The molecule has 0 saturated heterocycles. The maximum absolute atomic E-state index is 14.1. The smallest absolute Gasteiger partial charge is 0.161 e. The Hall–Kier alpha value is -4.43. The molecule has 4 aromatic heterocycles. The minimum atomic E-state index is -0.267. The van der Waals surface area contributed by atoms with E-state index in [0.717, 1.165) is 63.2 Å².